The molecule has 17 heteroatoms. The van der Waals surface area contributed by atoms with Crippen LogP contribution in [-0.4, -0.2) is 108 Å². The van der Waals surface area contributed by atoms with Gasteiger partial charge < -0.3 is 41.7 Å². The minimum atomic E-state index is -1.42. The fourth-order valence-electron chi connectivity index (χ4n) is 3.86. The Hall–Kier alpha value is -3.73. The molecule has 0 aliphatic heterocycles. The molecule has 0 spiro atoms. The fourth-order valence-corrected chi connectivity index (χ4v) is 5.01. The van der Waals surface area contributed by atoms with Crippen LogP contribution < -0.4 is 31.9 Å². The smallest absolute Gasteiger partial charge is 0.305 e. The molecule has 0 rings (SSSR count). The Kier molecular flexibility index (Phi) is 21.7. The van der Waals surface area contributed by atoms with Gasteiger partial charge in [0, 0.05) is 44.3 Å². The highest BCUT2D eigenvalue weighted by atomic mass is 32.2. The lowest BCUT2D eigenvalue weighted by molar-refractivity contribution is -0.145. The third-order valence-corrected chi connectivity index (χ3v) is 7.97. The topological polar surface area (TPSA) is 238 Å². The quantitative estimate of drug-likeness (QED) is 0.0502. The summed E-state index contributed by atoms with van der Waals surface area (Å²) in [5.41, 5.74) is 0. The summed E-state index contributed by atoms with van der Waals surface area (Å²) in [6, 6.07) is -4.37. The molecule has 0 aliphatic rings. The largest absolute Gasteiger partial charge is 0.465 e. The number of nitrogens with one attached hydrogen (secondary N) is 6. The zero-order valence-corrected chi connectivity index (χ0v) is 29.2. The minimum Gasteiger partial charge on any atom is -0.465 e. The van der Waals surface area contributed by atoms with Crippen molar-refractivity contribution in [3.05, 3.63) is 0 Å². The van der Waals surface area contributed by atoms with E-state index in [1.807, 2.05) is 0 Å². The first-order valence-corrected chi connectivity index (χ1v) is 16.8. The Bertz CT molecular complexity index is 1090. The van der Waals surface area contributed by atoms with Gasteiger partial charge in [0.15, 0.2) is 0 Å². The summed E-state index contributed by atoms with van der Waals surface area (Å²) in [6.07, 6.45) is 0.782. The number of hydrogen-bond acceptors (Lipinski definition) is 11. The first-order valence-electron chi connectivity index (χ1n) is 15.7. The molecule has 0 fully saturated rings. The first kappa shape index (κ1) is 43.3. The van der Waals surface area contributed by atoms with Gasteiger partial charge in [-0.2, -0.15) is 11.8 Å². The molecular weight excluding hydrogens is 636 g/mol. The standard InChI is InChI=1S/C30H52N6O10S/c1-8-21(39)11-20(13-46-25(41)10-3)14-47-15-23(35-24(40)9-2)29(44)36-22(12-37)28(43)32-16-31-27(42)18(6)33-30(45)26(17(4)5)34-19(7)38/h17-18,20,22-23,26,37H,8-16H2,1-7H3,(H,31,42)(H,32,43)(H,33,45)(H,34,38)(H,35,40)(H,36,44). The van der Waals surface area contributed by atoms with Crippen molar-refractivity contribution in [2.75, 3.05) is 31.4 Å². The number of hydrogen-bond donors (Lipinski definition) is 7. The van der Waals surface area contributed by atoms with Gasteiger partial charge in [0.05, 0.1) is 19.9 Å². The number of aliphatic hydroxyl groups excluding tert-OH is 1. The number of carbonyl (C=O) groups excluding carboxylic acids is 8. The molecule has 0 aromatic heterocycles. The lowest BCUT2D eigenvalue weighted by Gasteiger charge is -2.24. The van der Waals surface area contributed by atoms with Crippen LogP contribution in [0.1, 0.15) is 74.1 Å². The van der Waals surface area contributed by atoms with E-state index in [2.05, 4.69) is 31.9 Å². The van der Waals surface area contributed by atoms with E-state index in [0.29, 0.717) is 12.2 Å². The third-order valence-electron chi connectivity index (χ3n) is 6.69. The van der Waals surface area contributed by atoms with Crippen molar-refractivity contribution < 1.29 is 48.2 Å². The zero-order valence-electron chi connectivity index (χ0n) is 28.4. The average molecular weight is 689 g/mol. The molecule has 0 radical (unpaired) electrons. The van der Waals surface area contributed by atoms with Crippen LogP contribution in [0.25, 0.3) is 0 Å². The molecule has 0 aromatic carbocycles. The van der Waals surface area contributed by atoms with E-state index in [9.17, 15) is 43.5 Å². The van der Waals surface area contributed by atoms with Crippen molar-refractivity contribution in [1.82, 2.24) is 31.9 Å². The number of Topliss-reactive ketones (excluding diaryl/α,β-unsaturated/α-hetero) is 1. The third kappa shape index (κ3) is 18.3. The van der Waals surface area contributed by atoms with Gasteiger partial charge in [0.25, 0.3) is 0 Å². The number of ether oxygens (including phenoxy) is 1. The predicted octanol–water partition coefficient (Wildman–Crippen LogP) is -1.11. The van der Waals surface area contributed by atoms with Gasteiger partial charge in [-0.3, -0.25) is 38.4 Å². The highest BCUT2D eigenvalue weighted by Gasteiger charge is 2.28. The average Bonchev–Trinajstić information content (AvgIpc) is 3.02. The Morgan fingerprint density at radius 3 is 1.89 bits per heavy atom. The van der Waals surface area contributed by atoms with Gasteiger partial charge in [0.2, 0.25) is 35.4 Å². The number of thioether (sulfide) groups is 1. The van der Waals surface area contributed by atoms with Crippen LogP contribution in [0.3, 0.4) is 0 Å². The number of rotatable bonds is 23. The van der Waals surface area contributed by atoms with Crippen molar-refractivity contribution >= 4 is 59.0 Å². The van der Waals surface area contributed by atoms with Gasteiger partial charge in [-0.05, 0) is 18.6 Å². The highest BCUT2D eigenvalue weighted by molar-refractivity contribution is 7.99. The van der Waals surface area contributed by atoms with Gasteiger partial charge in [-0.25, -0.2) is 0 Å². The number of amides is 6. The summed E-state index contributed by atoms with van der Waals surface area (Å²) in [6.45, 7) is 10.00. The molecule has 16 nitrogen and oxygen atoms in total. The van der Waals surface area contributed by atoms with Crippen LogP contribution in [0.15, 0.2) is 0 Å². The minimum absolute atomic E-state index is 0.00865. The fraction of sp³-hybridized carbons (Fsp3) is 0.733. The molecule has 5 atom stereocenters. The molecule has 268 valence electrons. The van der Waals surface area contributed by atoms with E-state index < -0.39 is 78.9 Å². The van der Waals surface area contributed by atoms with Crippen LogP contribution in [-0.2, 0) is 43.1 Å². The Morgan fingerprint density at radius 1 is 0.723 bits per heavy atom. The van der Waals surface area contributed by atoms with E-state index in [-0.39, 0.29) is 49.2 Å². The summed E-state index contributed by atoms with van der Waals surface area (Å²) in [5.74, 6) is -4.13. The lowest BCUT2D eigenvalue weighted by Crippen LogP contribution is -2.57. The van der Waals surface area contributed by atoms with Crippen molar-refractivity contribution in [3.63, 3.8) is 0 Å². The number of esters is 1. The molecule has 5 unspecified atom stereocenters. The van der Waals surface area contributed by atoms with E-state index in [0.717, 1.165) is 0 Å². The maximum atomic E-state index is 13.1. The molecule has 0 aromatic rings. The number of carbonyl (C=O) groups is 8. The normalized spacial score (nSPS) is 14.0. The van der Waals surface area contributed by atoms with Gasteiger partial charge >= 0.3 is 5.97 Å². The summed E-state index contributed by atoms with van der Waals surface area (Å²) < 4.78 is 5.20. The van der Waals surface area contributed by atoms with Crippen molar-refractivity contribution in [1.29, 1.82) is 0 Å². The summed E-state index contributed by atoms with van der Waals surface area (Å²) in [7, 11) is 0. The van der Waals surface area contributed by atoms with Crippen LogP contribution in [0.5, 0.6) is 0 Å². The SMILES string of the molecule is CCC(=O)CC(COC(=O)CC)CSCC(NC(=O)CC)C(=O)NC(CO)C(=O)NCNC(=O)C(C)NC(=O)C(NC(C)=O)C(C)C. The van der Waals surface area contributed by atoms with Crippen LogP contribution in [0.2, 0.25) is 0 Å². The zero-order chi connectivity index (χ0) is 36.1. The molecule has 7 N–H and O–H groups in total. The number of ketones is 1. The first-order chi connectivity index (χ1) is 22.1. The maximum Gasteiger partial charge on any atom is 0.305 e. The Morgan fingerprint density at radius 2 is 1.36 bits per heavy atom. The van der Waals surface area contributed by atoms with Crippen molar-refractivity contribution in [2.24, 2.45) is 11.8 Å². The molecule has 0 saturated heterocycles. The molecule has 6 amide bonds. The second kappa shape index (κ2) is 23.6. The second-order valence-electron chi connectivity index (χ2n) is 11.2. The Balaban J connectivity index is 5.17. The molecule has 0 heterocycles. The van der Waals surface area contributed by atoms with Crippen molar-refractivity contribution in [2.45, 2.75) is 98.3 Å². The maximum absolute atomic E-state index is 13.1. The van der Waals surface area contributed by atoms with E-state index >= 15 is 0 Å². The van der Waals surface area contributed by atoms with E-state index in [4.69, 9.17) is 4.74 Å². The molecule has 47 heavy (non-hydrogen) atoms. The summed E-state index contributed by atoms with van der Waals surface area (Å²) in [5, 5.41) is 24.5. The highest BCUT2D eigenvalue weighted by Crippen LogP contribution is 2.16. The van der Waals surface area contributed by atoms with E-state index in [1.165, 1.54) is 25.6 Å². The molecular formula is C30H52N6O10S. The molecule has 0 saturated carbocycles. The summed E-state index contributed by atoms with van der Waals surface area (Å²) >= 11 is 1.25. The lowest BCUT2D eigenvalue weighted by atomic mass is 10.0. The summed E-state index contributed by atoms with van der Waals surface area (Å²) in [4.78, 5) is 97.9. The van der Waals surface area contributed by atoms with E-state index in [1.54, 1.807) is 34.6 Å². The van der Waals surface area contributed by atoms with Crippen molar-refractivity contribution in [3.8, 4) is 0 Å². The Labute approximate surface area is 280 Å². The number of aliphatic hydroxyl groups is 1. The van der Waals surface area contributed by atoms with Gasteiger partial charge in [-0.1, -0.05) is 34.6 Å². The van der Waals surface area contributed by atoms with Gasteiger partial charge in [-0.15, -0.1) is 0 Å². The molecule has 0 aliphatic carbocycles. The monoisotopic (exact) mass is 688 g/mol. The second-order valence-corrected chi connectivity index (χ2v) is 12.2. The van der Waals surface area contributed by atoms with Gasteiger partial charge in [0.1, 0.15) is 30.0 Å². The van der Waals surface area contributed by atoms with Crippen LogP contribution in [0.4, 0.5) is 0 Å². The molecule has 0 bridgehead atoms. The van der Waals surface area contributed by atoms with Crippen LogP contribution in [0, 0.1) is 11.8 Å². The van der Waals surface area contributed by atoms with Crippen LogP contribution >= 0.6 is 11.8 Å². The predicted molar refractivity (Wildman–Crippen MR) is 174 cm³/mol.